The van der Waals surface area contributed by atoms with Crippen LogP contribution in [0.25, 0.3) is 0 Å². The number of aromatic hydroxyl groups is 1. The number of rotatable bonds is 1. The van der Waals surface area contributed by atoms with E-state index in [2.05, 4.69) is 26.8 Å². The number of anilines is 2. The second-order valence-corrected chi connectivity index (χ2v) is 9.65. The molecule has 1 spiro atoms. The predicted molar refractivity (Wildman–Crippen MR) is 111 cm³/mol. The van der Waals surface area contributed by atoms with E-state index in [4.69, 9.17) is 0 Å². The summed E-state index contributed by atoms with van der Waals surface area (Å²) in [6.45, 7) is 6.41. The summed E-state index contributed by atoms with van der Waals surface area (Å²) in [5.41, 5.74) is 3.36. The highest BCUT2D eigenvalue weighted by atomic mass is 32.2. The van der Waals surface area contributed by atoms with Crippen LogP contribution in [-0.2, 0) is 14.5 Å². The zero-order valence-corrected chi connectivity index (χ0v) is 16.9. The van der Waals surface area contributed by atoms with Gasteiger partial charge in [-0.25, -0.2) is 0 Å². The summed E-state index contributed by atoms with van der Waals surface area (Å²) < 4.78 is 0. The Morgan fingerprint density at radius 1 is 1.07 bits per heavy atom. The molecular weight excluding hydrogens is 372 g/mol. The second kappa shape index (κ2) is 5.54. The molecule has 1 saturated heterocycles. The maximum atomic E-state index is 14.0. The highest BCUT2D eigenvalue weighted by Crippen LogP contribution is 2.61. The lowest BCUT2D eigenvalue weighted by Crippen LogP contribution is -2.56. The fourth-order valence-corrected chi connectivity index (χ4v) is 6.47. The first-order valence-corrected chi connectivity index (χ1v) is 10.5. The number of amides is 2. The first-order valence-electron chi connectivity index (χ1n) is 9.51. The van der Waals surface area contributed by atoms with Gasteiger partial charge < -0.3 is 10.0 Å². The molecule has 3 heterocycles. The molecule has 5 nitrogen and oxygen atoms in total. The molecule has 144 valence electrons. The molecule has 0 saturated carbocycles. The first-order chi connectivity index (χ1) is 13.3. The minimum Gasteiger partial charge on any atom is -0.508 e. The monoisotopic (exact) mass is 394 g/mol. The number of phenols is 1. The third-order valence-corrected chi connectivity index (χ3v) is 7.55. The SMILES string of the molecule is C[C@@H]1CC(C)(C)N2C(=O)[C@@]3(SCC(=O)N3c3ccc(O)cc3)c3cccc1c32. The van der Waals surface area contributed by atoms with Crippen LogP contribution in [0, 0.1) is 0 Å². The topological polar surface area (TPSA) is 60.9 Å². The van der Waals surface area contributed by atoms with E-state index in [-0.39, 0.29) is 28.9 Å². The van der Waals surface area contributed by atoms with E-state index in [9.17, 15) is 14.7 Å². The number of fused-ring (bicyclic) bond motifs is 1. The third kappa shape index (κ3) is 2.04. The number of nitrogens with zero attached hydrogens (tertiary/aromatic N) is 2. The number of hydrogen-bond acceptors (Lipinski definition) is 4. The van der Waals surface area contributed by atoms with Gasteiger partial charge in [0.25, 0.3) is 5.91 Å². The molecule has 28 heavy (non-hydrogen) atoms. The van der Waals surface area contributed by atoms with Crippen molar-refractivity contribution in [3.05, 3.63) is 53.6 Å². The molecule has 6 heteroatoms. The Bertz CT molecular complexity index is 1020. The lowest BCUT2D eigenvalue weighted by Gasteiger charge is -2.44. The minimum absolute atomic E-state index is 0.0456. The van der Waals surface area contributed by atoms with Gasteiger partial charge in [-0.05, 0) is 56.0 Å². The van der Waals surface area contributed by atoms with Gasteiger partial charge in [0.05, 0.1) is 11.4 Å². The van der Waals surface area contributed by atoms with E-state index in [0.717, 1.165) is 17.7 Å². The molecule has 0 aliphatic carbocycles. The second-order valence-electron chi connectivity index (χ2n) is 8.48. The molecule has 0 aromatic heterocycles. The quantitative estimate of drug-likeness (QED) is 0.795. The van der Waals surface area contributed by atoms with Crippen molar-refractivity contribution in [3.8, 4) is 5.75 Å². The van der Waals surface area contributed by atoms with Crippen molar-refractivity contribution >= 4 is 35.0 Å². The first kappa shape index (κ1) is 17.6. The Labute approximate surface area is 168 Å². The van der Waals surface area contributed by atoms with Crippen molar-refractivity contribution in [1.82, 2.24) is 0 Å². The van der Waals surface area contributed by atoms with Gasteiger partial charge in [0.2, 0.25) is 10.8 Å². The lowest BCUT2D eigenvalue weighted by molar-refractivity contribution is -0.124. The number of hydrogen-bond donors (Lipinski definition) is 1. The van der Waals surface area contributed by atoms with Gasteiger partial charge in [-0.1, -0.05) is 25.1 Å². The summed E-state index contributed by atoms with van der Waals surface area (Å²) >= 11 is 1.40. The lowest BCUT2D eigenvalue weighted by atomic mass is 9.80. The fourth-order valence-electron chi connectivity index (χ4n) is 5.13. The van der Waals surface area contributed by atoms with Crippen molar-refractivity contribution in [3.63, 3.8) is 0 Å². The molecule has 0 radical (unpaired) electrons. The van der Waals surface area contributed by atoms with E-state index < -0.39 is 4.87 Å². The Balaban J connectivity index is 1.78. The number of carbonyl (C=O) groups is 2. The number of para-hydroxylation sites is 1. The molecule has 3 aliphatic rings. The van der Waals surface area contributed by atoms with Crippen molar-refractivity contribution in [2.75, 3.05) is 15.6 Å². The van der Waals surface area contributed by atoms with Gasteiger partial charge in [-0.15, -0.1) is 11.8 Å². The number of carbonyl (C=O) groups excluding carboxylic acids is 2. The minimum atomic E-state index is -1.08. The van der Waals surface area contributed by atoms with Crippen LogP contribution in [0.5, 0.6) is 5.75 Å². The standard InChI is InChI=1S/C22H22N2O3S/c1-13-11-21(2,3)24-19-16(13)5-4-6-17(19)22(20(24)27)23(18(26)12-28-22)14-7-9-15(25)10-8-14/h4-10,13,25H,11-12H2,1-3H3/t13-,22+/m1/s1. The number of benzene rings is 2. The Morgan fingerprint density at radius 2 is 1.79 bits per heavy atom. The number of phenolic OH excluding ortho intramolecular Hbond substituents is 1. The molecule has 2 aromatic rings. The zero-order valence-electron chi connectivity index (χ0n) is 16.1. The van der Waals surface area contributed by atoms with Crippen LogP contribution < -0.4 is 9.80 Å². The van der Waals surface area contributed by atoms with E-state index >= 15 is 0 Å². The van der Waals surface area contributed by atoms with Gasteiger partial charge in [-0.2, -0.15) is 0 Å². The van der Waals surface area contributed by atoms with Crippen molar-refractivity contribution in [2.24, 2.45) is 0 Å². The van der Waals surface area contributed by atoms with Gasteiger partial charge in [0.1, 0.15) is 5.75 Å². The van der Waals surface area contributed by atoms with Crippen molar-refractivity contribution < 1.29 is 14.7 Å². The molecular formula is C22H22N2O3S. The average Bonchev–Trinajstić information content (AvgIpc) is 3.11. The zero-order chi connectivity index (χ0) is 19.8. The van der Waals surface area contributed by atoms with Gasteiger partial charge in [-0.3, -0.25) is 14.5 Å². The highest BCUT2D eigenvalue weighted by molar-refractivity contribution is 8.02. The molecule has 5 rings (SSSR count). The maximum Gasteiger partial charge on any atom is 0.269 e. The summed E-state index contributed by atoms with van der Waals surface area (Å²) in [7, 11) is 0. The Morgan fingerprint density at radius 3 is 2.50 bits per heavy atom. The van der Waals surface area contributed by atoms with Crippen LogP contribution >= 0.6 is 11.8 Å². The summed E-state index contributed by atoms with van der Waals surface area (Å²) in [6, 6.07) is 12.6. The summed E-state index contributed by atoms with van der Waals surface area (Å²) in [5, 5.41) is 9.67. The summed E-state index contributed by atoms with van der Waals surface area (Å²) in [6.07, 6.45) is 0.878. The van der Waals surface area contributed by atoms with E-state index in [0.29, 0.717) is 11.6 Å². The van der Waals surface area contributed by atoms with Crippen LogP contribution in [0.15, 0.2) is 42.5 Å². The smallest absolute Gasteiger partial charge is 0.269 e. The molecule has 1 N–H and O–H groups in total. The van der Waals surface area contributed by atoms with Crippen LogP contribution in [0.4, 0.5) is 11.4 Å². The predicted octanol–water partition coefficient (Wildman–Crippen LogP) is 3.96. The third-order valence-electron chi connectivity index (χ3n) is 6.17. The van der Waals surface area contributed by atoms with E-state index in [1.165, 1.54) is 17.3 Å². The molecule has 3 aliphatic heterocycles. The Hall–Kier alpha value is -2.47. The van der Waals surface area contributed by atoms with Crippen LogP contribution in [0.3, 0.4) is 0 Å². The van der Waals surface area contributed by atoms with E-state index in [1.54, 1.807) is 29.2 Å². The van der Waals surface area contributed by atoms with Gasteiger partial charge in [0, 0.05) is 16.8 Å². The number of thioether (sulfide) groups is 1. The van der Waals surface area contributed by atoms with Crippen LogP contribution in [0.2, 0.25) is 0 Å². The molecule has 2 aromatic carbocycles. The van der Waals surface area contributed by atoms with Gasteiger partial charge in [0.15, 0.2) is 0 Å². The Kier molecular flexibility index (Phi) is 3.48. The highest BCUT2D eigenvalue weighted by Gasteiger charge is 2.64. The molecule has 2 amide bonds. The van der Waals surface area contributed by atoms with Crippen LogP contribution in [0.1, 0.15) is 44.2 Å². The molecule has 0 unspecified atom stereocenters. The average molecular weight is 394 g/mol. The maximum absolute atomic E-state index is 14.0. The van der Waals surface area contributed by atoms with Gasteiger partial charge >= 0.3 is 0 Å². The molecule has 1 fully saturated rings. The summed E-state index contributed by atoms with van der Waals surface area (Å²) in [4.78, 5) is 29.4. The van der Waals surface area contributed by atoms with E-state index in [1.807, 2.05) is 17.0 Å². The van der Waals surface area contributed by atoms with Crippen LogP contribution in [-0.4, -0.2) is 28.2 Å². The largest absolute Gasteiger partial charge is 0.508 e. The molecule has 0 bridgehead atoms. The molecule has 2 atom stereocenters. The normalized spacial score (nSPS) is 27.6. The fraction of sp³-hybridized carbons (Fsp3) is 0.364. The summed E-state index contributed by atoms with van der Waals surface area (Å²) in [5.74, 6) is 0.587. The van der Waals surface area contributed by atoms with Crippen molar-refractivity contribution in [1.29, 1.82) is 0 Å². The van der Waals surface area contributed by atoms with Crippen molar-refractivity contribution in [2.45, 2.75) is 43.5 Å².